The van der Waals surface area contributed by atoms with Crippen LogP contribution >= 0.6 is 0 Å². The van der Waals surface area contributed by atoms with Gasteiger partial charge in [0.15, 0.2) is 5.43 Å². The topological polar surface area (TPSA) is 32.9 Å². The number of benzene rings is 2. The average molecular weight is 195 g/mol. The number of hydrogen-bond donors (Lipinski definition) is 1. The average Bonchev–Trinajstić information content (AvgIpc) is 2.31. The van der Waals surface area contributed by atoms with Gasteiger partial charge in [0, 0.05) is 21.8 Å². The highest BCUT2D eigenvalue weighted by Crippen LogP contribution is 2.07. The molecule has 4 aromatic heterocycles. The molecular formula is C13H9NO. The maximum absolute atomic E-state index is 12.0. The standard InChI is InChI=1S/C13H9NO/c15-13-9-1-5-11(6-2-9)14-12-7-3-10(13)4-8-12/h1-8,14H. The molecular weight excluding hydrogens is 186 g/mol. The summed E-state index contributed by atoms with van der Waals surface area (Å²) in [4.78, 5) is 15.2. The summed E-state index contributed by atoms with van der Waals surface area (Å²) < 4.78 is 0. The molecule has 0 aliphatic heterocycles. The van der Waals surface area contributed by atoms with E-state index in [-0.39, 0.29) is 5.43 Å². The summed E-state index contributed by atoms with van der Waals surface area (Å²) in [5.74, 6) is 0. The van der Waals surface area contributed by atoms with Crippen LogP contribution in [0.25, 0.3) is 21.8 Å². The molecule has 0 unspecified atom stereocenters. The van der Waals surface area contributed by atoms with Crippen LogP contribution in [0.5, 0.6) is 0 Å². The molecule has 0 fully saturated rings. The van der Waals surface area contributed by atoms with Gasteiger partial charge >= 0.3 is 0 Å². The zero-order valence-corrected chi connectivity index (χ0v) is 8.03. The van der Waals surface area contributed by atoms with Gasteiger partial charge < -0.3 is 4.98 Å². The smallest absolute Gasteiger partial charge is 0.193 e. The van der Waals surface area contributed by atoms with Crippen LogP contribution in [0.15, 0.2) is 53.3 Å². The molecule has 6 rings (SSSR count). The van der Waals surface area contributed by atoms with E-state index in [1.54, 1.807) is 0 Å². The zero-order valence-electron chi connectivity index (χ0n) is 8.03. The lowest BCUT2D eigenvalue weighted by atomic mass is 10.1. The van der Waals surface area contributed by atoms with Crippen LogP contribution < -0.4 is 5.43 Å². The Hall–Kier alpha value is -2.09. The molecule has 4 heterocycles. The third-order valence-electron chi connectivity index (χ3n) is 2.58. The highest BCUT2D eigenvalue weighted by molar-refractivity contribution is 5.71. The third kappa shape index (κ3) is 1.31. The molecule has 4 bridgehead atoms. The van der Waals surface area contributed by atoms with Crippen LogP contribution in [0, 0.1) is 0 Å². The van der Waals surface area contributed by atoms with Gasteiger partial charge in [0.2, 0.25) is 0 Å². The lowest BCUT2D eigenvalue weighted by Gasteiger charge is -1.96. The molecule has 0 saturated carbocycles. The van der Waals surface area contributed by atoms with Crippen molar-refractivity contribution in [3.05, 3.63) is 58.8 Å². The highest BCUT2D eigenvalue weighted by Gasteiger charge is 1.95. The Bertz CT molecular complexity index is 600. The normalized spacial score (nSPS) is 10.9. The van der Waals surface area contributed by atoms with E-state index >= 15 is 0 Å². The van der Waals surface area contributed by atoms with Crippen molar-refractivity contribution in [3.8, 4) is 0 Å². The largest absolute Gasteiger partial charge is 0.356 e. The van der Waals surface area contributed by atoms with Gasteiger partial charge in [-0.3, -0.25) is 4.79 Å². The summed E-state index contributed by atoms with van der Waals surface area (Å²) in [6, 6.07) is 15.1. The predicted molar refractivity (Wildman–Crippen MR) is 62.1 cm³/mol. The van der Waals surface area contributed by atoms with Crippen LogP contribution in [0.1, 0.15) is 0 Å². The summed E-state index contributed by atoms with van der Waals surface area (Å²) in [6.45, 7) is 0. The fourth-order valence-electron chi connectivity index (χ4n) is 1.74. The second-order valence-corrected chi connectivity index (χ2v) is 3.61. The van der Waals surface area contributed by atoms with Gasteiger partial charge in [-0.05, 0) is 48.5 Å². The summed E-state index contributed by atoms with van der Waals surface area (Å²) >= 11 is 0. The maximum Gasteiger partial charge on any atom is 0.193 e. The second-order valence-electron chi connectivity index (χ2n) is 3.61. The molecule has 0 atom stereocenters. The van der Waals surface area contributed by atoms with Crippen molar-refractivity contribution in [2.24, 2.45) is 0 Å². The molecule has 2 heteroatoms. The molecule has 0 radical (unpaired) electrons. The predicted octanol–water partition coefficient (Wildman–Crippen LogP) is 2.68. The molecule has 0 aliphatic rings. The van der Waals surface area contributed by atoms with Gasteiger partial charge in [0.1, 0.15) is 0 Å². The molecule has 2 aromatic carbocycles. The molecule has 1 N–H and O–H groups in total. The van der Waals surface area contributed by atoms with Gasteiger partial charge in [0.25, 0.3) is 0 Å². The van der Waals surface area contributed by atoms with E-state index in [1.165, 1.54) is 0 Å². The highest BCUT2D eigenvalue weighted by atomic mass is 16.1. The number of rotatable bonds is 0. The Morgan fingerprint density at radius 2 is 1.07 bits per heavy atom. The zero-order chi connectivity index (χ0) is 10.3. The molecule has 6 aromatic rings. The first-order valence-electron chi connectivity index (χ1n) is 4.85. The lowest BCUT2D eigenvalue weighted by molar-refractivity contribution is 1.48. The number of aromatic nitrogens is 1. The first-order chi connectivity index (χ1) is 7.33. The number of aromatic amines is 1. The summed E-state index contributed by atoms with van der Waals surface area (Å²) in [5.41, 5.74) is 2.08. The fraction of sp³-hybridized carbons (Fsp3) is 0. The van der Waals surface area contributed by atoms with Crippen molar-refractivity contribution in [1.29, 1.82) is 0 Å². The van der Waals surface area contributed by atoms with Crippen LogP contribution in [0.4, 0.5) is 0 Å². The van der Waals surface area contributed by atoms with E-state index in [1.807, 2.05) is 48.5 Å². The van der Waals surface area contributed by atoms with E-state index in [4.69, 9.17) is 0 Å². The van der Waals surface area contributed by atoms with Crippen molar-refractivity contribution in [2.45, 2.75) is 0 Å². The maximum atomic E-state index is 12.0. The number of H-pyrrole nitrogens is 1. The van der Waals surface area contributed by atoms with Gasteiger partial charge in [-0.25, -0.2) is 0 Å². The molecule has 2 nitrogen and oxygen atoms in total. The summed E-state index contributed by atoms with van der Waals surface area (Å²) in [5, 5.41) is 1.46. The third-order valence-corrected chi connectivity index (χ3v) is 2.58. The van der Waals surface area contributed by atoms with Crippen LogP contribution in [-0.4, -0.2) is 4.98 Å². The second kappa shape index (κ2) is 2.95. The Balaban J connectivity index is 2.70. The minimum absolute atomic E-state index is 0.0787. The minimum Gasteiger partial charge on any atom is -0.356 e. The van der Waals surface area contributed by atoms with E-state index in [9.17, 15) is 4.79 Å². The number of hydrogen-bond acceptors (Lipinski definition) is 1. The SMILES string of the molecule is O=c1c2ccc(cc2)[nH]c2ccc1cc2. The van der Waals surface area contributed by atoms with Crippen molar-refractivity contribution in [2.75, 3.05) is 0 Å². The first kappa shape index (κ1) is 8.24. The quantitative estimate of drug-likeness (QED) is 0.587. The fourth-order valence-corrected chi connectivity index (χ4v) is 1.74. The van der Waals surface area contributed by atoms with Crippen molar-refractivity contribution >= 4 is 21.8 Å². The number of nitrogens with one attached hydrogen (secondary N) is 1. The van der Waals surface area contributed by atoms with E-state index in [0.29, 0.717) is 0 Å². The monoisotopic (exact) mass is 195 g/mol. The van der Waals surface area contributed by atoms with Gasteiger partial charge in [0.05, 0.1) is 0 Å². The Morgan fingerprint density at radius 3 is 1.47 bits per heavy atom. The Morgan fingerprint density at radius 1 is 0.667 bits per heavy atom. The van der Waals surface area contributed by atoms with Crippen LogP contribution in [0.2, 0.25) is 0 Å². The molecule has 15 heavy (non-hydrogen) atoms. The van der Waals surface area contributed by atoms with Crippen molar-refractivity contribution < 1.29 is 0 Å². The molecule has 0 spiro atoms. The first-order valence-corrected chi connectivity index (χ1v) is 4.85. The van der Waals surface area contributed by atoms with E-state index in [0.717, 1.165) is 21.8 Å². The minimum atomic E-state index is 0.0787. The Kier molecular flexibility index (Phi) is 1.62. The van der Waals surface area contributed by atoms with Crippen LogP contribution in [0.3, 0.4) is 0 Å². The lowest BCUT2D eigenvalue weighted by Crippen LogP contribution is -1.98. The molecule has 0 saturated heterocycles. The molecule has 0 aliphatic carbocycles. The molecule has 72 valence electrons. The van der Waals surface area contributed by atoms with Crippen molar-refractivity contribution in [1.82, 2.24) is 4.98 Å². The van der Waals surface area contributed by atoms with Crippen molar-refractivity contribution in [3.63, 3.8) is 0 Å². The Labute approximate surface area is 86.2 Å². The molecule has 0 amide bonds. The van der Waals surface area contributed by atoms with E-state index in [2.05, 4.69) is 4.98 Å². The van der Waals surface area contributed by atoms with Gasteiger partial charge in [-0.2, -0.15) is 0 Å². The van der Waals surface area contributed by atoms with E-state index < -0.39 is 0 Å². The van der Waals surface area contributed by atoms with Gasteiger partial charge in [-0.15, -0.1) is 0 Å². The summed E-state index contributed by atoms with van der Waals surface area (Å²) in [6.07, 6.45) is 0. The van der Waals surface area contributed by atoms with Gasteiger partial charge in [-0.1, -0.05) is 0 Å². The summed E-state index contributed by atoms with van der Waals surface area (Å²) in [7, 11) is 0. The van der Waals surface area contributed by atoms with Crippen LogP contribution in [-0.2, 0) is 0 Å².